The summed E-state index contributed by atoms with van der Waals surface area (Å²) in [4.78, 5) is 0. The molecular weight excluding hydrogens is 247 g/mol. The summed E-state index contributed by atoms with van der Waals surface area (Å²) in [6, 6.07) is 0. The Morgan fingerprint density at radius 1 is 1.25 bits per heavy atom. The van der Waals surface area contributed by atoms with E-state index in [1.807, 2.05) is 13.8 Å². The van der Waals surface area contributed by atoms with Crippen LogP contribution in [0.15, 0.2) is 10.8 Å². The monoisotopic (exact) mass is 264 g/mol. The van der Waals surface area contributed by atoms with Gasteiger partial charge in [0, 0.05) is 12.8 Å². The molecule has 0 radical (unpaired) electrons. The molecule has 0 amide bonds. The molecule has 16 heavy (non-hydrogen) atoms. The predicted octanol–water partition coefficient (Wildman–Crippen LogP) is 4.16. The van der Waals surface area contributed by atoms with Crippen LogP contribution in [0.3, 0.4) is 0 Å². The van der Waals surface area contributed by atoms with E-state index in [4.69, 9.17) is 32.7 Å². The SMILES string of the molecule is CC1(C)OC2(CCCCC2)OC1=C(Cl)CCl. The normalized spacial score (nSPS) is 30.2. The van der Waals surface area contributed by atoms with Crippen molar-refractivity contribution in [1.82, 2.24) is 0 Å². The third-order valence-electron chi connectivity index (χ3n) is 3.26. The number of rotatable bonds is 1. The van der Waals surface area contributed by atoms with Crippen LogP contribution >= 0.6 is 23.2 Å². The van der Waals surface area contributed by atoms with Gasteiger partial charge in [0.2, 0.25) is 5.79 Å². The first kappa shape index (κ1) is 12.5. The van der Waals surface area contributed by atoms with Gasteiger partial charge in [-0.15, -0.1) is 11.6 Å². The molecular formula is C12H18Cl2O2. The Bertz CT molecular complexity index is 304. The van der Waals surface area contributed by atoms with Crippen molar-refractivity contribution < 1.29 is 9.47 Å². The van der Waals surface area contributed by atoms with Gasteiger partial charge in [-0.3, -0.25) is 0 Å². The lowest BCUT2D eigenvalue weighted by molar-refractivity contribution is -0.196. The quantitative estimate of drug-likeness (QED) is 0.663. The lowest BCUT2D eigenvalue weighted by atomic mass is 9.94. The minimum atomic E-state index is -0.455. The smallest absolute Gasteiger partial charge is 0.211 e. The van der Waals surface area contributed by atoms with Crippen LogP contribution in [0.1, 0.15) is 46.0 Å². The zero-order valence-corrected chi connectivity index (χ0v) is 11.3. The maximum atomic E-state index is 6.10. The van der Waals surface area contributed by atoms with Crippen LogP contribution in [0.4, 0.5) is 0 Å². The van der Waals surface area contributed by atoms with E-state index >= 15 is 0 Å². The van der Waals surface area contributed by atoms with Crippen molar-refractivity contribution in [2.45, 2.75) is 57.3 Å². The zero-order chi connectivity index (χ0) is 11.8. The van der Waals surface area contributed by atoms with E-state index in [-0.39, 0.29) is 5.88 Å². The molecule has 2 aliphatic rings. The van der Waals surface area contributed by atoms with Crippen LogP contribution in [-0.2, 0) is 9.47 Å². The number of hydrogen-bond donors (Lipinski definition) is 0. The van der Waals surface area contributed by atoms with Crippen LogP contribution in [0.2, 0.25) is 0 Å². The molecule has 0 unspecified atom stereocenters. The topological polar surface area (TPSA) is 18.5 Å². The fraction of sp³-hybridized carbons (Fsp3) is 0.833. The number of alkyl halides is 1. The molecule has 2 nitrogen and oxygen atoms in total. The van der Waals surface area contributed by atoms with Crippen molar-refractivity contribution in [3.05, 3.63) is 10.8 Å². The average Bonchev–Trinajstić information content (AvgIpc) is 2.50. The molecule has 0 aromatic heterocycles. The van der Waals surface area contributed by atoms with Crippen molar-refractivity contribution >= 4 is 23.2 Å². The van der Waals surface area contributed by atoms with Crippen molar-refractivity contribution in [1.29, 1.82) is 0 Å². The van der Waals surface area contributed by atoms with E-state index in [2.05, 4.69) is 0 Å². The van der Waals surface area contributed by atoms with Gasteiger partial charge in [0.25, 0.3) is 0 Å². The van der Waals surface area contributed by atoms with Gasteiger partial charge < -0.3 is 9.47 Å². The van der Waals surface area contributed by atoms with Gasteiger partial charge >= 0.3 is 0 Å². The second-order valence-corrected chi connectivity index (χ2v) is 5.78. The Balaban J connectivity index is 2.25. The van der Waals surface area contributed by atoms with Gasteiger partial charge in [-0.05, 0) is 26.7 Å². The van der Waals surface area contributed by atoms with Gasteiger partial charge in [0.15, 0.2) is 0 Å². The third kappa shape index (κ3) is 2.20. The summed E-state index contributed by atoms with van der Waals surface area (Å²) in [6.07, 6.45) is 5.47. The molecule has 0 N–H and O–H groups in total. The van der Waals surface area contributed by atoms with Crippen molar-refractivity contribution in [3.8, 4) is 0 Å². The molecule has 1 heterocycles. The molecule has 1 saturated heterocycles. The minimum absolute atomic E-state index is 0.278. The van der Waals surface area contributed by atoms with E-state index in [0.717, 1.165) is 25.7 Å². The summed E-state index contributed by atoms with van der Waals surface area (Å²) < 4.78 is 12.1. The number of hydrogen-bond acceptors (Lipinski definition) is 2. The molecule has 1 saturated carbocycles. The standard InChI is InChI=1S/C12H18Cl2O2/c1-11(2)10(9(14)8-13)15-12(16-11)6-4-3-5-7-12/h3-8H2,1-2H3. The number of ether oxygens (including phenoxy) is 2. The lowest BCUT2D eigenvalue weighted by Gasteiger charge is -2.32. The van der Waals surface area contributed by atoms with Gasteiger partial charge in [0.1, 0.15) is 11.4 Å². The molecule has 0 bridgehead atoms. The van der Waals surface area contributed by atoms with Crippen molar-refractivity contribution in [2.75, 3.05) is 5.88 Å². The van der Waals surface area contributed by atoms with Crippen LogP contribution in [0.25, 0.3) is 0 Å². The Morgan fingerprint density at radius 3 is 2.44 bits per heavy atom. The molecule has 0 atom stereocenters. The number of allylic oxidation sites excluding steroid dienone is 1. The molecule has 0 aromatic carbocycles. The van der Waals surface area contributed by atoms with E-state index in [1.54, 1.807) is 0 Å². The zero-order valence-electron chi connectivity index (χ0n) is 9.82. The minimum Gasteiger partial charge on any atom is -0.462 e. The summed E-state index contributed by atoms with van der Waals surface area (Å²) in [5.41, 5.74) is -0.455. The largest absolute Gasteiger partial charge is 0.462 e. The average molecular weight is 265 g/mol. The first-order valence-electron chi connectivity index (χ1n) is 5.83. The Labute approximate surface area is 107 Å². The molecule has 0 aromatic rings. The van der Waals surface area contributed by atoms with Crippen LogP contribution in [-0.4, -0.2) is 17.3 Å². The van der Waals surface area contributed by atoms with Gasteiger partial charge in [-0.2, -0.15) is 0 Å². The summed E-state index contributed by atoms with van der Waals surface area (Å²) in [7, 11) is 0. The second-order valence-electron chi connectivity index (χ2n) is 5.05. The van der Waals surface area contributed by atoms with E-state index < -0.39 is 11.4 Å². The Hall–Kier alpha value is 0.0800. The highest BCUT2D eigenvalue weighted by Gasteiger charge is 2.51. The van der Waals surface area contributed by atoms with E-state index in [0.29, 0.717) is 10.8 Å². The first-order valence-corrected chi connectivity index (χ1v) is 6.75. The maximum Gasteiger partial charge on any atom is 0.211 e. The highest BCUT2D eigenvalue weighted by Crippen LogP contribution is 2.48. The van der Waals surface area contributed by atoms with Crippen molar-refractivity contribution in [2.24, 2.45) is 0 Å². The highest BCUT2D eigenvalue weighted by atomic mass is 35.5. The van der Waals surface area contributed by atoms with Crippen LogP contribution in [0.5, 0.6) is 0 Å². The Morgan fingerprint density at radius 2 is 1.88 bits per heavy atom. The molecule has 1 spiro atoms. The fourth-order valence-electron chi connectivity index (χ4n) is 2.58. The molecule has 2 rings (SSSR count). The number of halogens is 2. The fourth-order valence-corrected chi connectivity index (χ4v) is 2.97. The van der Waals surface area contributed by atoms with Gasteiger partial charge in [-0.25, -0.2) is 0 Å². The predicted molar refractivity (Wildman–Crippen MR) is 65.7 cm³/mol. The molecule has 92 valence electrons. The summed E-state index contributed by atoms with van der Waals surface area (Å²) >= 11 is 11.9. The second kappa shape index (κ2) is 4.40. The van der Waals surface area contributed by atoms with E-state index in [1.165, 1.54) is 6.42 Å². The highest BCUT2D eigenvalue weighted by molar-refractivity contribution is 6.36. The van der Waals surface area contributed by atoms with Gasteiger partial charge in [-0.1, -0.05) is 18.0 Å². The molecule has 2 fully saturated rings. The molecule has 1 aliphatic heterocycles. The van der Waals surface area contributed by atoms with Crippen LogP contribution < -0.4 is 0 Å². The molecule has 1 aliphatic carbocycles. The molecule has 4 heteroatoms. The summed E-state index contributed by atoms with van der Waals surface area (Å²) in [5.74, 6) is 0.550. The Kier molecular flexibility index (Phi) is 3.44. The maximum absolute atomic E-state index is 6.10. The van der Waals surface area contributed by atoms with Crippen molar-refractivity contribution in [3.63, 3.8) is 0 Å². The van der Waals surface area contributed by atoms with Crippen LogP contribution in [0, 0.1) is 0 Å². The summed E-state index contributed by atoms with van der Waals surface area (Å²) in [6.45, 7) is 3.97. The summed E-state index contributed by atoms with van der Waals surface area (Å²) in [5, 5.41) is 0.564. The first-order chi connectivity index (χ1) is 7.49. The van der Waals surface area contributed by atoms with E-state index in [9.17, 15) is 0 Å². The third-order valence-corrected chi connectivity index (χ3v) is 3.96. The van der Waals surface area contributed by atoms with Gasteiger partial charge in [0.05, 0.1) is 10.9 Å². The lowest BCUT2D eigenvalue weighted by Crippen LogP contribution is -2.35.